The molecule has 1 aromatic carbocycles. The number of hydroxylamine groups is 1. The second-order valence-electron chi connectivity index (χ2n) is 8.32. The summed E-state index contributed by atoms with van der Waals surface area (Å²) in [6, 6.07) is 3.22. The van der Waals surface area contributed by atoms with E-state index >= 15 is 0 Å². The Bertz CT molecular complexity index is 709. The Morgan fingerprint density at radius 1 is 1.35 bits per heavy atom. The van der Waals surface area contributed by atoms with Crippen molar-refractivity contribution in [2.75, 3.05) is 26.7 Å². The topological polar surface area (TPSA) is 55.8 Å². The van der Waals surface area contributed by atoms with Gasteiger partial charge in [-0.25, -0.2) is 14.3 Å². The molecule has 1 aromatic rings. The van der Waals surface area contributed by atoms with E-state index in [1.165, 1.54) is 6.07 Å². The maximum absolute atomic E-state index is 14.5. The number of carbonyl (C=O) groups is 1. The van der Waals surface area contributed by atoms with Crippen molar-refractivity contribution in [3.63, 3.8) is 0 Å². The zero-order valence-electron chi connectivity index (χ0n) is 15.0. The highest BCUT2D eigenvalue weighted by molar-refractivity contribution is 5.93. The Labute approximate surface area is 151 Å². The Morgan fingerprint density at radius 3 is 2.81 bits per heavy atom. The van der Waals surface area contributed by atoms with Gasteiger partial charge < -0.3 is 4.90 Å². The molecule has 1 saturated heterocycles. The Hall–Kier alpha value is -1.57. The van der Waals surface area contributed by atoms with Gasteiger partial charge in [0.25, 0.3) is 5.91 Å². The van der Waals surface area contributed by atoms with Crippen LogP contribution < -0.4 is 5.48 Å². The summed E-state index contributed by atoms with van der Waals surface area (Å²) in [6.07, 6.45) is 2.52. The van der Waals surface area contributed by atoms with Crippen LogP contribution in [0.5, 0.6) is 0 Å². The molecule has 1 unspecified atom stereocenters. The van der Waals surface area contributed by atoms with Crippen LogP contribution in [0, 0.1) is 11.2 Å². The van der Waals surface area contributed by atoms with E-state index < -0.39 is 17.9 Å². The van der Waals surface area contributed by atoms with E-state index in [1.54, 1.807) is 11.5 Å². The van der Waals surface area contributed by atoms with Gasteiger partial charge in [0, 0.05) is 43.3 Å². The number of hydrogen-bond donors (Lipinski definition) is 2. The molecule has 2 heterocycles. The third-order valence-corrected chi connectivity index (χ3v) is 6.30. The number of benzene rings is 1. The van der Waals surface area contributed by atoms with E-state index in [9.17, 15) is 13.6 Å². The highest BCUT2D eigenvalue weighted by Crippen LogP contribution is 2.50. The van der Waals surface area contributed by atoms with Gasteiger partial charge in [0.05, 0.1) is 0 Å². The SMILES string of the molecule is CN1CC(F)CC2(CC(N3CCc4cc(C(=O)NO)cc(F)c4C3)C2)C1. The second kappa shape index (κ2) is 6.55. The summed E-state index contributed by atoms with van der Waals surface area (Å²) in [5.74, 6) is -1.10. The molecule has 1 spiro atoms. The smallest absolute Gasteiger partial charge is 0.274 e. The van der Waals surface area contributed by atoms with Crippen LogP contribution in [-0.2, 0) is 13.0 Å². The van der Waals surface area contributed by atoms with Crippen LogP contribution in [0.25, 0.3) is 0 Å². The van der Waals surface area contributed by atoms with Gasteiger partial charge in [0.15, 0.2) is 0 Å². The van der Waals surface area contributed by atoms with Gasteiger partial charge in [-0.3, -0.25) is 14.9 Å². The first-order valence-electron chi connectivity index (χ1n) is 9.21. The van der Waals surface area contributed by atoms with Crippen LogP contribution in [0.1, 0.15) is 40.7 Å². The minimum absolute atomic E-state index is 0.0823. The minimum atomic E-state index is -0.745. The normalized spacial score (nSPS) is 32.2. The van der Waals surface area contributed by atoms with Gasteiger partial charge in [-0.15, -0.1) is 0 Å². The summed E-state index contributed by atoms with van der Waals surface area (Å²) in [7, 11) is 1.98. The molecule has 7 heteroatoms. The largest absolute Gasteiger partial charge is 0.303 e. The molecule has 142 valence electrons. The molecule has 4 rings (SSSR count). The predicted octanol–water partition coefficient (Wildman–Crippen LogP) is 2.13. The van der Waals surface area contributed by atoms with Crippen molar-refractivity contribution < 1.29 is 18.8 Å². The molecule has 26 heavy (non-hydrogen) atoms. The summed E-state index contributed by atoms with van der Waals surface area (Å²) in [4.78, 5) is 15.9. The van der Waals surface area contributed by atoms with Crippen molar-refractivity contribution in [1.29, 1.82) is 0 Å². The number of nitrogens with one attached hydrogen (secondary N) is 1. The van der Waals surface area contributed by atoms with E-state index in [2.05, 4.69) is 9.80 Å². The van der Waals surface area contributed by atoms with Crippen molar-refractivity contribution >= 4 is 5.91 Å². The molecule has 1 amide bonds. The number of amides is 1. The zero-order chi connectivity index (χ0) is 18.5. The molecule has 1 aliphatic carbocycles. The fourth-order valence-corrected chi connectivity index (χ4v) is 5.22. The fourth-order valence-electron chi connectivity index (χ4n) is 5.22. The number of halogens is 2. The fraction of sp³-hybridized carbons (Fsp3) is 0.632. The van der Waals surface area contributed by atoms with Crippen molar-refractivity contribution in [3.8, 4) is 0 Å². The molecular weight excluding hydrogens is 340 g/mol. The number of fused-ring (bicyclic) bond motifs is 1. The average molecular weight is 365 g/mol. The molecule has 1 atom stereocenters. The minimum Gasteiger partial charge on any atom is -0.303 e. The molecule has 2 N–H and O–H groups in total. The first kappa shape index (κ1) is 17.8. The van der Waals surface area contributed by atoms with Gasteiger partial charge in [0.2, 0.25) is 0 Å². The van der Waals surface area contributed by atoms with Crippen molar-refractivity contribution in [2.45, 2.75) is 44.4 Å². The zero-order valence-corrected chi connectivity index (χ0v) is 15.0. The van der Waals surface area contributed by atoms with E-state index in [1.807, 2.05) is 7.05 Å². The number of rotatable bonds is 2. The molecule has 3 aliphatic rings. The number of carbonyl (C=O) groups excluding carboxylic acids is 1. The quantitative estimate of drug-likeness (QED) is 0.623. The highest BCUT2D eigenvalue weighted by atomic mass is 19.1. The predicted molar refractivity (Wildman–Crippen MR) is 92.2 cm³/mol. The van der Waals surface area contributed by atoms with Crippen molar-refractivity contribution in [2.24, 2.45) is 5.41 Å². The third-order valence-electron chi connectivity index (χ3n) is 6.30. The van der Waals surface area contributed by atoms with Crippen LogP contribution in [0.3, 0.4) is 0 Å². The first-order chi connectivity index (χ1) is 12.4. The molecule has 0 bridgehead atoms. The van der Waals surface area contributed by atoms with E-state index in [0.717, 1.165) is 31.5 Å². The lowest BCUT2D eigenvalue weighted by molar-refractivity contribution is -0.0709. The number of likely N-dealkylation sites (tertiary alicyclic amines) is 1. The monoisotopic (exact) mass is 365 g/mol. The first-order valence-corrected chi connectivity index (χ1v) is 9.21. The van der Waals surface area contributed by atoms with E-state index in [4.69, 9.17) is 5.21 Å². The van der Waals surface area contributed by atoms with Gasteiger partial charge in [-0.05, 0) is 55.8 Å². The maximum atomic E-state index is 14.5. The van der Waals surface area contributed by atoms with Gasteiger partial charge >= 0.3 is 0 Å². The molecule has 5 nitrogen and oxygen atoms in total. The maximum Gasteiger partial charge on any atom is 0.274 e. The van der Waals surface area contributed by atoms with Crippen LogP contribution in [0.2, 0.25) is 0 Å². The van der Waals surface area contributed by atoms with Crippen molar-refractivity contribution in [1.82, 2.24) is 15.3 Å². The Balaban J connectivity index is 1.44. The molecule has 0 radical (unpaired) electrons. The number of alkyl halides is 1. The second-order valence-corrected chi connectivity index (χ2v) is 8.32. The summed E-state index contributed by atoms with van der Waals surface area (Å²) >= 11 is 0. The van der Waals surface area contributed by atoms with Gasteiger partial charge in [-0.1, -0.05) is 0 Å². The van der Waals surface area contributed by atoms with Gasteiger partial charge in [-0.2, -0.15) is 0 Å². The number of hydrogen-bond acceptors (Lipinski definition) is 4. The van der Waals surface area contributed by atoms with Gasteiger partial charge in [0.1, 0.15) is 12.0 Å². The van der Waals surface area contributed by atoms with E-state index in [-0.39, 0.29) is 11.0 Å². The Morgan fingerprint density at radius 2 is 2.12 bits per heavy atom. The summed E-state index contributed by atoms with van der Waals surface area (Å²) < 4.78 is 28.4. The molecule has 0 aromatic heterocycles. The lowest BCUT2D eigenvalue weighted by atomic mass is 9.60. The molecule has 2 fully saturated rings. The van der Waals surface area contributed by atoms with Crippen LogP contribution in [-0.4, -0.2) is 59.8 Å². The average Bonchev–Trinajstić information content (AvgIpc) is 2.57. The number of nitrogens with zero attached hydrogens (tertiary/aromatic N) is 2. The summed E-state index contributed by atoms with van der Waals surface area (Å²) in [5, 5.41) is 8.74. The summed E-state index contributed by atoms with van der Waals surface area (Å²) in [6.45, 7) is 2.81. The van der Waals surface area contributed by atoms with Crippen LogP contribution >= 0.6 is 0 Å². The van der Waals surface area contributed by atoms with Crippen LogP contribution in [0.15, 0.2) is 12.1 Å². The lowest BCUT2D eigenvalue weighted by Gasteiger charge is -2.56. The van der Waals surface area contributed by atoms with Crippen LogP contribution in [0.4, 0.5) is 8.78 Å². The Kier molecular flexibility index (Phi) is 4.49. The standard InChI is InChI=1S/C19H25F2N3O2/c1-23-9-14(20)6-19(11-23)7-15(8-19)24-3-2-12-4-13(18(25)22-26)5-17(21)16(12)10-24/h4-5,14-15,26H,2-3,6-11H2,1H3,(H,22,25). The number of piperidine rings is 1. The molecular formula is C19H25F2N3O2. The lowest BCUT2D eigenvalue weighted by Crippen LogP contribution is -2.59. The third kappa shape index (κ3) is 3.12. The molecule has 2 aliphatic heterocycles. The van der Waals surface area contributed by atoms with E-state index in [0.29, 0.717) is 37.5 Å². The van der Waals surface area contributed by atoms with Crippen molar-refractivity contribution in [3.05, 3.63) is 34.6 Å². The highest BCUT2D eigenvalue weighted by Gasteiger charge is 2.50. The summed E-state index contributed by atoms with van der Waals surface area (Å²) in [5.41, 5.74) is 3.23. The molecule has 1 saturated carbocycles.